The Labute approximate surface area is 104 Å². The van der Waals surface area contributed by atoms with E-state index in [4.69, 9.17) is 4.74 Å². The third-order valence-corrected chi connectivity index (χ3v) is 3.68. The molecule has 1 N–H and O–H groups in total. The van der Waals surface area contributed by atoms with Crippen molar-refractivity contribution in [3.63, 3.8) is 0 Å². The van der Waals surface area contributed by atoms with Gasteiger partial charge in [0.15, 0.2) is 0 Å². The van der Waals surface area contributed by atoms with Crippen molar-refractivity contribution in [3.05, 3.63) is 35.9 Å². The molecule has 94 valence electrons. The molecule has 1 fully saturated rings. The average molecular weight is 233 g/mol. The lowest BCUT2D eigenvalue weighted by Crippen LogP contribution is -2.34. The number of ether oxygens (including phenoxy) is 1. The van der Waals surface area contributed by atoms with Crippen LogP contribution in [-0.4, -0.2) is 19.7 Å². The Morgan fingerprint density at radius 1 is 1.29 bits per heavy atom. The summed E-state index contributed by atoms with van der Waals surface area (Å²) in [5, 5.41) is 3.36. The highest BCUT2D eigenvalue weighted by Crippen LogP contribution is 2.30. The highest BCUT2D eigenvalue weighted by Gasteiger charge is 2.21. The van der Waals surface area contributed by atoms with Crippen LogP contribution < -0.4 is 5.32 Å². The normalized spacial score (nSPS) is 17.7. The van der Waals surface area contributed by atoms with Crippen molar-refractivity contribution in [2.75, 3.05) is 13.7 Å². The molecule has 1 aliphatic carbocycles. The maximum atomic E-state index is 5.78. The zero-order valence-electron chi connectivity index (χ0n) is 10.7. The number of benzene rings is 1. The lowest BCUT2D eigenvalue weighted by atomic mass is 9.81. The molecular formula is C15H23NO. The summed E-state index contributed by atoms with van der Waals surface area (Å²) in [6.45, 7) is 1.55. The summed E-state index contributed by atoms with van der Waals surface area (Å²) in [5.74, 6) is 0.938. The third-order valence-electron chi connectivity index (χ3n) is 3.68. The van der Waals surface area contributed by atoms with Gasteiger partial charge >= 0.3 is 0 Å². The molecule has 1 aromatic rings. The molecule has 0 spiro atoms. The highest BCUT2D eigenvalue weighted by atomic mass is 16.5. The van der Waals surface area contributed by atoms with E-state index in [0.717, 1.165) is 19.1 Å². The Morgan fingerprint density at radius 2 is 2.06 bits per heavy atom. The van der Waals surface area contributed by atoms with Crippen LogP contribution in [0.25, 0.3) is 0 Å². The molecule has 2 heteroatoms. The van der Waals surface area contributed by atoms with Crippen LogP contribution >= 0.6 is 0 Å². The van der Waals surface area contributed by atoms with Gasteiger partial charge in [-0.2, -0.15) is 0 Å². The molecule has 0 aromatic heterocycles. The van der Waals surface area contributed by atoms with E-state index in [9.17, 15) is 0 Å². The average Bonchev–Trinajstić information content (AvgIpc) is 2.32. The molecule has 1 unspecified atom stereocenters. The number of hydrogen-bond donors (Lipinski definition) is 1. The first kappa shape index (κ1) is 12.6. The minimum atomic E-state index is 0.518. The zero-order valence-corrected chi connectivity index (χ0v) is 10.7. The Kier molecular flexibility index (Phi) is 5.02. The Balaban J connectivity index is 1.65. The minimum Gasteiger partial charge on any atom is -0.375 e. The maximum absolute atomic E-state index is 5.78. The van der Waals surface area contributed by atoms with E-state index in [1.807, 2.05) is 13.1 Å². The number of hydrogen-bond acceptors (Lipinski definition) is 2. The van der Waals surface area contributed by atoms with Gasteiger partial charge in [0.25, 0.3) is 0 Å². The van der Waals surface area contributed by atoms with Gasteiger partial charge in [0.1, 0.15) is 0 Å². The van der Waals surface area contributed by atoms with Crippen molar-refractivity contribution in [3.8, 4) is 0 Å². The lowest BCUT2D eigenvalue weighted by Gasteiger charge is -2.29. The second-order valence-electron chi connectivity index (χ2n) is 5.02. The van der Waals surface area contributed by atoms with Crippen LogP contribution in [0.5, 0.6) is 0 Å². The molecule has 1 aromatic carbocycles. The van der Waals surface area contributed by atoms with Gasteiger partial charge in [-0.15, -0.1) is 0 Å². The molecule has 0 radical (unpaired) electrons. The van der Waals surface area contributed by atoms with Crippen LogP contribution in [0.4, 0.5) is 0 Å². The van der Waals surface area contributed by atoms with Crippen molar-refractivity contribution in [2.24, 2.45) is 5.92 Å². The van der Waals surface area contributed by atoms with Crippen LogP contribution in [-0.2, 0) is 11.3 Å². The first-order chi connectivity index (χ1) is 8.38. The van der Waals surface area contributed by atoms with Gasteiger partial charge in [-0.1, -0.05) is 49.6 Å². The van der Waals surface area contributed by atoms with Gasteiger partial charge in [-0.05, 0) is 24.9 Å². The second-order valence-corrected chi connectivity index (χ2v) is 5.02. The fraction of sp³-hybridized carbons (Fsp3) is 0.600. The summed E-state index contributed by atoms with van der Waals surface area (Å²) in [6, 6.07) is 10.9. The zero-order chi connectivity index (χ0) is 11.9. The van der Waals surface area contributed by atoms with Crippen molar-refractivity contribution < 1.29 is 4.74 Å². The fourth-order valence-corrected chi connectivity index (χ4v) is 2.29. The van der Waals surface area contributed by atoms with Crippen LogP contribution in [0.1, 0.15) is 31.2 Å². The fourth-order valence-electron chi connectivity index (χ4n) is 2.29. The summed E-state index contributed by atoms with van der Waals surface area (Å²) in [4.78, 5) is 0. The number of likely N-dealkylation sites (N-methyl/N-ethyl adjacent to an activating group) is 1. The molecule has 1 saturated carbocycles. The number of rotatable bonds is 7. The highest BCUT2D eigenvalue weighted by molar-refractivity contribution is 5.13. The maximum Gasteiger partial charge on any atom is 0.0717 e. The monoisotopic (exact) mass is 233 g/mol. The first-order valence-corrected chi connectivity index (χ1v) is 6.67. The van der Waals surface area contributed by atoms with E-state index < -0.39 is 0 Å². The molecule has 0 amide bonds. The van der Waals surface area contributed by atoms with Gasteiger partial charge in [0.2, 0.25) is 0 Å². The van der Waals surface area contributed by atoms with E-state index in [-0.39, 0.29) is 0 Å². The molecule has 0 bridgehead atoms. The van der Waals surface area contributed by atoms with Crippen LogP contribution in [0.2, 0.25) is 0 Å². The lowest BCUT2D eigenvalue weighted by molar-refractivity contribution is 0.0879. The van der Waals surface area contributed by atoms with Gasteiger partial charge in [-0.25, -0.2) is 0 Å². The molecule has 0 saturated heterocycles. The third kappa shape index (κ3) is 4.14. The van der Waals surface area contributed by atoms with Gasteiger partial charge in [0.05, 0.1) is 13.2 Å². The van der Waals surface area contributed by atoms with Crippen molar-refractivity contribution in [2.45, 2.75) is 38.3 Å². The molecule has 17 heavy (non-hydrogen) atoms. The van der Waals surface area contributed by atoms with Crippen LogP contribution in [0.3, 0.4) is 0 Å². The minimum absolute atomic E-state index is 0.518. The van der Waals surface area contributed by atoms with Gasteiger partial charge in [-0.3, -0.25) is 0 Å². The van der Waals surface area contributed by atoms with Gasteiger partial charge in [0, 0.05) is 6.04 Å². The molecular weight excluding hydrogens is 210 g/mol. The van der Waals surface area contributed by atoms with Crippen molar-refractivity contribution in [1.29, 1.82) is 0 Å². The summed E-state index contributed by atoms with van der Waals surface area (Å²) < 4.78 is 5.78. The largest absolute Gasteiger partial charge is 0.375 e. The molecule has 1 aliphatic rings. The van der Waals surface area contributed by atoms with E-state index in [0.29, 0.717) is 6.04 Å². The Morgan fingerprint density at radius 3 is 2.65 bits per heavy atom. The quantitative estimate of drug-likeness (QED) is 0.781. The van der Waals surface area contributed by atoms with E-state index >= 15 is 0 Å². The van der Waals surface area contributed by atoms with Crippen LogP contribution in [0.15, 0.2) is 30.3 Å². The molecule has 1 atom stereocenters. The molecule has 0 heterocycles. The number of nitrogens with one attached hydrogen (secondary N) is 1. The SMILES string of the molecule is CNC(COCc1ccccc1)CC1CCC1. The predicted molar refractivity (Wildman–Crippen MR) is 70.9 cm³/mol. The second kappa shape index (κ2) is 6.77. The molecule has 0 aliphatic heterocycles. The first-order valence-electron chi connectivity index (χ1n) is 6.67. The van der Waals surface area contributed by atoms with Crippen LogP contribution in [0, 0.1) is 5.92 Å². The van der Waals surface area contributed by atoms with E-state index in [2.05, 4.69) is 29.6 Å². The van der Waals surface area contributed by atoms with E-state index in [1.54, 1.807) is 0 Å². The summed E-state index contributed by atoms with van der Waals surface area (Å²) >= 11 is 0. The van der Waals surface area contributed by atoms with E-state index in [1.165, 1.54) is 31.2 Å². The topological polar surface area (TPSA) is 21.3 Å². The summed E-state index contributed by atoms with van der Waals surface area (Å²) in [5.41, 5.74) is 1.26. The summed E-state index contributed by atoms with van der Waals surface area (Å²) in [7, 11) is 2.04. The molecule has 2 nitrogen and oxygen atoms in total. The van der Waals surface area contributed by atoms with Crippen molar-refractivity contribution >= 4 is 0 Å². The predicted octanol–water partition coefficient (Wildman–Crippen LogP) is 2.98. The van der Waals surface area contributed by atoms with Gasteiger partial charge < -0.3 is 10.1 Å². The molecule has 2 rings (SSSR count). The Hall–Kier alpha value is -0.860. The Bertz CT molecular complexity index is 308. The van der Waals surface area contributed by atoms with Crippen molar-refractivity contribution in [1.82, 2.24) is 5.32 Å². The summed E-state index contributed by atoms with van der Waals surface area (Å²) in [6.07, 6.45) is 5.52. The standard InChI is InChI=1S/C15H23NO/c1-16-15(10-13-8-5-9-13)12-17-11-14-6-3-2-4-7-14/h2-4,6-7,13,15-16H,5,8-12H2,1H3. The smallest absolute Gasteiger partial charge is 0.0717 e.